The summed E-state index contributed by atoms with van der Waals surface area (Å²) < 4.78 is 76.9. The van der Waals surface area contributed by atoms with Gasteiger partial charge >= 0.3 is 24.3 Å². The van der Waals surface area contributed by atoms with E-state index in [-0.39, 0.29) is 11.7 Å². The minimum atomic E-state index is -5.08. The summed E-state index contributed by atoms with van der Waals surface area (Å²) in [5.41, 5.74) is 1.76. The van der Waals surface area contributed by atoms with Crippen LogP contribution in [-0.2, 0) is 16.1 Å². The van der Waals surface area contributed by atoms with E-state index < -0.39 is 24.3 Å². The van der Waals surface area contributed by atoms with Crippen LogP contribution in [0.5, 0.6) is 0 Å². The fraction of sp³-hybridized carbons (Fsp3) is 0.333. The molecule has 0 radical (unpaired) electrons. The van der Waals surface area contributed by atoms with Crippen molar-refractivity contribution < 1.29 is 55.3 Å². The molecule has 3 heterocycles. The Hall–Kier alpha value is -4.25. The number of rotatable bonds is 6. The van der Waals surface area contributed by atoms with Crippen molar-refractivity contribution in [2.45, 2.75) is 37.8 Å². The standard InChI is InChI=1S/C23H25FN4OS.2C2HF3O2/c1-27(20-8-11-28(12-9-20)16-17-4-2-5-18(24)14-17)22-15-19(7-10-25-22)26-23(29)21-6-3-13-30-21;2*3-2(4,5)1(6)7/h2-7,10,13-15,20H,8-9,11-12,16H2,1H3,(H,25,26,29);2*(H,6,7). The summed E-state index contributed by atoms with van der Waals surface area (Å²) in [6, 6.07) is 14.6. The van der Waals surface area contributed by atoms with Crippen molar-refractivity contribution in [1.82, 2.24) is 9.88 Å². The molecule has 1 aliphatic rings. The molecule has 3 aromatic rings. The smallest absolute Gasteiger partial charge is 0.475 e. The lowest BCUT2D eigenvalue weighted by Gasteiger charge is -2.37. The van der Waals surface area contributed by atoms with E-state index in [2.05, 4.69) is 27.1 Å². The Morgan fingerprint density at radius 3 is 2.07 bits per heavy atom. The summed E-state index contributed by atoms with van der Waals surface area (Å²) in [5, 5.41) is 19.1. The first-order valence-corrected chi connectivity index (χ1v) is 13.5. The second kappa shape index (κ2) is 16.0. The number of thiophene rings is 1. The summed E-state index contributed by atoms with van der Waals surface area (Å²) in [4.78, 5) is 39.8. The highest BCUT2D eigenvalue weighted by Crippen LogP contribution is 2.24. The third-order valence-corrected chi connectivity index (χ3v) is 6.86. The molecule has 1 aliphatic heterocycles. The maximum absolute atomic E-state index is 13.4. The van der Waals surface area contributed by atoms with E-state index in [1.807, 2.05) is 35.7 Å². The number of carboxylic acid groups (broad SMARTS) is 2. The summed E-state index contributed by atoms with van der Waals surface area (Å²) in [6.07, 6.45) is -6.41. The van der Waals surface area contributed by atoms with Crippen LogP contribution in [0.25, 0.3) is 0 Å². The van der Waals surface area contributed by atoms with Crippen molar-refractivity contribution in [1.29, 1.82) is 0 Å². The number of likely N-dealkylation sites (tertiary alicyclic amines) is 1. The van der Waals surface area contributed by atoms with Crippen LogP contribution in [0.1, 0.15) is 28.1 Å². The van der Waals surface area contributed by atoms with Crippen molar-refractivity contribution in [2.24, 2.45) is 0 Å². The van der Waals surface area contributed by atoms with Crippen LogP contribution in [-0.4, -0.2) is 76.5 Å². The Morgan fingerprint density at radius 1 is 0.977 bits per heavy atom. The molecule has 17 heteroatoms. The highest BCUT2D eigenvalue weighted by Gasteiger charge is 2.38. The number of pyridine rings is 1. The molecule has 0 aliphatic carbocycles. The van der Waals surface area contributed by atoms with Crippen LogP contribution < -0.4 is 10.2 Å². The van der Waals surface area contributed by atoms with Gasteiger partial charge in [-0.05, 0) is 48.1 Å². The number of hydrogen-bond acceptors (Lipinski definition) is 7. The van der Waals surface area contributed by atoms with Gasteiger partial charge in [0.1, 0.15) is 11.6 Å². The summed E-state index contributed by atoms with van der Waals surface area (Å²) in [7, 11) is 2.06. The third kappa shape index (κ3) is 12.2. The van der Waals surface area contributed by atoms with Crippen LogP contribution in [0.3, 0.4) is 0 Å². The van der Waals surface area contributed by atoms with Crippen LogP contribution >= 0.6 is 11.3 Å². The summed E-state index contributed by atoms with van der Waals surface area (Å²) in [6.45, 7) is 2.69. The molecule has 1 fully saturated rings. The Balaban J connectivity index is 0.000000402. The molecule has 0 atom stereocenters. The van der Waals surface area contributed by atoms with Gasteiger partial charge in [0.2, 0.25) is 0 Å². The van der Waals surface area contributed by atoms with Gasteiger partial charge in [-0.1, -0.05) is 18.2 Å². The maximum Gasteiger partial charge on any atom is 0.490 e. The molecular formula is C27H27F7N4O5S. The fourth-order valence-electron chi connectivity index (χ4n) is 3.83. The van der Waals surface area contributed by atoms with E-state index in [9.17, 15) is 35.5 Å². The number of carbonyl (C=O) groups is 3. The van der Waals surface area contributed by atoms with Gasteiger partial charge in [0.25, 0.3) is 5.91 Å². The zero-order chi connectivity index (χ0) is 33.1. The molecule has 4 rings (SSSR count). The molecule has 9 nitrogen and oxygen atoms in total. The number of nitrogens with zero attached hydrogens (tertiary/aromatic N) is 3. The molecule has 1 saturated heterocycles. The van der Waals surface area contributed by atoms with Crippen molar-refractivity contribution >= 4 is 40.7 Å². The first kappa shape index (κ1) is 35.9. The van der Waals surface area contributed by atoms with E-state index in [1.54, 1.807) is 18.3 Å². The van der Waals surface area contributed by atoms with Gasteiger partial charge in [0.05, 0.1) is 4.88 Å². The normalized spacial score (nSPS) is 13.9. The number of piperidine rings is 1. The molecule has 0 unspecified atom stereocenters. The quantitative estimate of drug-likeness (QED) is 0.282. The first-order valence-electron chi connectivity index (χ1n) is 12.6. The number of alkyl halides is 6. The van der Waals surface area contributed by atoms with Crippen molar-refractivity contribution in [3.05, 3.63) is 76.4 Å². The predicted octanol–water partition coefficient (Wildman–Crippen LogP) is 5.90. The molecule has 0 saturated carbocycles. The van der Waals surface area contributed by atoms with E-state index in [1.165, 1.54) is 17.4 Å². The number of aromatic nitrogens is 1. The van der Waals surface area contributed by atoms with Gasteiger partial charge in [0.15, 0.2) is 0 Å². The number of hydrogen-bond donors (Lipinski definition) is 3. The largest absolute Gasteiger partial charge is 0.490 e. The van der Waals surface area contributed by atoms with Crippen molar-refractivity contribution in [3.8, 4) is 0 Å². The molecule has 44 heavy (non-hydrogen) atoms. The number of nitrogens with one attached hydrogen (secondary N) is 1. The molecular weight excluding hydrogens is 625 g/mol. The molecule has 2 aromatic heterocycles. The van der Waals surface area contributed by atoms with E-state index in [4.69, 9.17) is 19.8 Å². The SMILES string of the molecule is CN(c1cc(NC(=O)c2cccs2)ccn1)C1CCN(Cc2cccc(F)c2)CC1.O=C(O)C(F)(F)F.O=C(O)C(F)(F)F. The zero-order valence-electron chi connectivity index (χ0n) is 22.9. The van der Waals surface area contributed by atoms with Gasteiger partial charge in [-0.15, -0.1) is 11.3 Å². The van der Waals surface area contributed by atoms with Crippen LogP contribution in [0.4, 0.5) is 42.2 Å². The molecule has 0 spiro atoms. The topological polar surface area (TPSA) is 123 Å². The molecule has 240 valence electrons. The number of carboxylic acids is 2. The zero-order valence-corrected chi connectivity index (χ0v) is 23.7. The first-order chi connectivity index (χ1) is 20.5. The fourth-order valence-corrected chi connectivity index (χ4v) is 4.45. The molecule has 3 N–H and O–H groups in total. The average Bonchev–Trinajstić information content (AvgIpc) is 3.49. The second-order valence-electron chi connectivity index (χ2n) is 9.19. The monoisotopic (exact) mass is 652 g/mol. The van der Waals surface area contributed by atoms with Gasteiger partial charge in [-0.25, -0.2) is 19.0 Å². The van der Waals surface area contributed by atoms with E-state index in [0.29, 0.717) is 10.9 Å². The van der Waals surface area contributed by atoms with Gasteiger partial charge < -0.3 is 20.4 Å². The van der Waals surface area contributed by atoms with Crippen LogP contribution in [0, 0.1) is 5.82 Å². The predicted molar refractivity (Wildman–Crippen MR) is 147 cm³/mol. The number of amides is 1. The highest BCUT2D eigenvalue weighted by atomic mass is 32.1. The molecule has 1 aromatic carbocycles. The van der Waals surface area contributed by atoms with Crippen LogP contribution in [0.15, 0.2) is 60.1 Å². The molecule has 1 amide bonds. The minimum Gasteiger partial charge on any atom is -0.475 e. The van der Waals surface area contributed by atoms with E-state index in [0.717, 1.165) is 49.5 Å². The van der Waals surface area contributed by atoms with Crippen LogP contribution in [0.2, 0.25) is 0 Å². The number of halogens is 7. The summed E-state index contributed by atoms with van der Waals surface area (Å²) in [5.74, 6) is -4.95. The number of aliphatic carboxylic acids is 2. The second-order valence-corrected chi connectivity index (χ2v) is 10.1. The van der Waals surface area contributed by atoms with Gasteiger partial charge in [-0.3, -0.25) is 9.69 Å². The number of anilines is 2. The lowest BCUT2D eigenvalue weighted by molar-refractivity contribution is -0.193. The lowest BCUT2D eigenvalue weighted by atomic mass is 10.0. The summed E-state index contributed by atoms with van der Waals surface area (Å²) >= 11 is 1.42. The average molecular weight is 653 g/mol. The van der Waals surface area contributed by atoms with Crippen molar-refractivity contribution in [2.75, 3.05) is 30.4 Å². The lowest BCUT2D eigenvalue weighted by Crippen LogP contribution is -2.43. The Bertz CT molecular complexity index is 1360. The van der Waals surface area contributed by atoms with Gasteiger partial charge in [-0.2, -0.15) is 26.3 Å². The van der Waals surface area contributed by atoms with Gasteiger partial charge in [0, 0.05) is 50.7 Å². The Kier molecular flexibility index (Phi) is 13.1. The third-order valence-electron chi connectivity index (χ3n) is 5.99. The minimum absolute atomic E-state index is 0.101. The Labute approximate surface area is 250 Å². The highest BCUT2D eigenvalue weighted by molar-refractivity contribution is 7.12. The maximum atomic E-state index is 13.4. The van der Waals surface area contributed by atoms with Crippen molar-refractivity contribution in [3.63, 3.8) is 0 Å². The Morgan fingerprint density at radius 2 is 1.57 bits per heavy atom. The molecule has 0 bridgehead atoms. The van der Waals surface area contributed by atoms with E-state index >= 15 is 0 Å². The number of carbonyl (C=O) groups excluding carboxylic acids is 1. The number of benzene rings is 1.